The molecule has 0 aromatic heterocycles. The Bertz CT molecular complexity index is 700. The lowest BCUT2D eigenvalue weighted by atomic mass is 10.3. The molecular weight excluding hydrogens is 345 g/mol. The van der Waals surface area contributed by atoms with Gasteiger partial charge < -0.3 is 5.32 Å². The molecule has 0 bridgehead atoms. The Morgan fingerprint density at radius 2 is 1.65 bits per heavy atom. The van der Waals surface area contributed by atoms with Crippen LogP contribution in [0, 0.1) is 0 Å². The molecule has 1 aliphatic heterocycles. The highest BCUT2D eigenvalue weighted by Gasteiger charge is 2.44. The smallest absolute Gasteiger partial charge is 0.324 e. The lowest BCUT2D eigenvalue weighted by molar-refractivity contribution is -0.143. The maximum Gasteiger partial charge on any atom is 0.335 e. The number of carbonyl (C=O) groups excluding carboxylic acids is 4. The fourth-order valence-electron chi connectivity index (χ4n) is 1.95. The molecule has 5 amide bonds. The number of amides is 5. The Kier molecular flexibility index (Phi) is 5.02. The summed E-state index contributed by atoms with van der Waals surface area (Å²) in [6.07, 6.45) is 1.31. The molecule has 1 N–H and O–H groups in total. The first-order chi connectivity index (χ1) is 10.8. The molecule has 1 saturated heterocycles. The van der Waals surface area contributed by atoms with Gasteiger partial charge in [-0.3, -0.25) is 19.3 Å². The summed E-state index contributed by atoms with van der Waals surface area (Å²) in [4.78, 5) is 48.6. The second-order valence-corrected chi connectivity index (χ2v) is 5.46. The molecule has 0 saturated carbocycles. The number of hydrogen-bond acceptors (Lipinski definition) is 4. The minimum atomic E-state index is -1.06. The van der Waals surface area contributed by atoms with Gasteiger partial charge in [0.25, 0.3) is 0 Å². The maximum atomic E-state index is 12.0. The molecule has 23 heavy (non-hydrogen) atoms. The summed E-state index contributed by atoms with van der Waals surface area (Å²) in [5.74, 6) is -2.72. The number of rotatable bonds is 5. The van der Waals surface area contributed by atoms with Crippen LogP contribution in [0.5, 0.6) is 0 Å². The first-order valence-corrected chi connectivity index (χ1v) is 7.13. The van der Waals surface area contributed by atoms with Crippen molar-refractivity contribution in [1.29, 1.82) is 0 Å². The topological polar surface area (TPSA) is 86.8 Å². The zero-order chi connectivity index (χ0) is 17.1. The van der Waals surface area contributed by atoms with E-state index in [0.717, 1.165) is 0 Å². The predicted molar refractivity (Wildman–Crippen MR) is 84.1 cm³/mol. The highest BCUT2D eigenvalue weighted by molar-refractivity contribution is 6.45. The number of hydrogen-bond donors (Lipinski definition) is 1. The summed E-state index contributed by atoms with van der Waals surface area (Å²) in [6.45, 7) is 2.69. The number of nitrogens with zero attached hydrogens (tertiary/aromatic N) is 2. The first-order valence-electron chi connectivity index (χ1n) is 6.37. The molecule has 9 heteroatoms. The molecule has 0 aliphatic carbocycles. The van der Waals surface area contributed by atoms with E-state index in [1.165, 1.54) is 24.3 Å². The summed E-state index contributed by atoms with van der Waals surface area (Å²) < 4.78 is 0. The molecule has 0 atom stereocenters. The minimum Gasteiger partial charge on any atom is -0.324 e. The summed E-state index contributed by atoms with van der Waals surface area (Å²) in [5, 5.41) is 3.08. The van der Waals surface area contributed by atoms with Crippen LogP contribution in [-0.4, -0.2) is 46.6 Å². The zero-order valence-electron chi connectivity index (χ0n) is 11.7. The van der Waals surface area contributed by atoms with E-state index in [4.69, 9.17) is 23.2 Å². The normalized spacial score (nSPS) is 14.4. The molecule has 0 spiro atoms. The van der Waals surface area contributed by atoms with Gasteiger partial charge in [-0.05, 0) is 18.2 Å². The number of urea groups is 1. The van der Waals surface area contributed by atoms with E-state index < -0.39 is 30.3 Å². The minimum absolute atomic E-state index is 0.106. The van der Waals surface area contributed by atoms with E-state index in [0.29, 0.717) is 25.5 Å². The summed E-state index contributed by atoms with van der Waals surface area (Å²) in [7, 11) is 0. The molecule has 7 nitrogen and oxygen atoms in total. The van der Waals surface area contributed by atoms with Crippen molar-refractivity contribution in [1.82, 2.24) is 9.80 Å². The lowest BCUT2D eigenvalue weighted by Crippen LogP contribution is -2.39. The monoisotopic (exact) mass is 355 g/mol. The van der Waals surface area contributed by atoms with Crippen molar-refractivity contribution in [3.8, 4) is 0 Å². The highest BCUT2D eigenvalue weighted by atomic mass is 35.5. The van der Waals surface area contributed by atoms with Gasteiger partial charge in [0.15, 0.2) is 0 Å². The van der Waals surface area contributed by atoms with Crippen LogP contribution in [0.15, 0.2) is 30.9 Å². The maximum absolute atomic E-state index is 12.0. The second kappa shape index (κ2) is 6.80. The molecule has 1 aliphatic rings. The van der Waals surface area contributed by atoms with Gasteiger partial charge >= 0.3 is 17.8 Å². The van der Waals surface area contributed by atoms with Gasteiger partial charge in [0.05, 0.1) is 0 Å². The van der Waals surface area contributed by atoms with Crippen molar-refractivity contribution in [2.75, 3.05) is 18.4 Å². The Hall–Kier alpha value is -2.38. The van der Waals surface area contributed by atoms with Crippen LogP contribution in [0.25, 0.3) is 0 Å². The Balaban J connectivity index is 2.08. The van der Waals surface area contributed by atoms with Crippen molar-refractivity contribution >= 4 is 52.6 Å². The zero-order valence-corrected chi connectivity index (χ0v) is 13.2. The number of carbonyl (C=O) groups is 4. The van der Waals surface area contributed by atoms with E-state index in [-0.39, 0.29) is 6.54 Å². The molecule has 120 valence electrons. The Morgan fingerprint density at radius 1 is 1.09 bits per heavy atom. The fraction of sp³-hybridized carbons (Fsp3) is 0.143. The van der Waals surface area contributed by atoms with Gasteiger partial charge in [0.2, 0.25) is 5.91 Å². The quantitative estimate of drug-likeness (QED) is 0.496. The predicted octanol–water partition coefficient (Wildman–Crippen LogP) is 1.91. The van der Waals surface area contributed by atoms with Crippen LogP contribution in [0.1, 0.15) is 0 Å². The second-order valence-electron chi connectivity index (χ2n) is 4.58. The van der Waals surface area contributed by atoms with Gasteiger partial charge in [-0.1, -0.05) is 29.3 Å². The Morgan fingerprint density at radius 3 is 2.22 bits per heavy atom. The van der Waals surface area contributed by atoms with Crippen LogP contribution in [-0.2, 0) is 14.4 Å². The molecule has 0 radical (unpaired) electrons. The molecule has 2 rings (SSSR count). The standard InChI is InChI=1S/C14H11Cl2N3O4/c1-2-3-18-12(21)13(22)19(14(18)23)7-11(20)17-10-5-8(15)4-9(16)6-10/h2,4-6H,1,3,7H2,(H,17,20). The van der Waals surface area contributed by atoms with Crippen LogP contribution in [0.3, 0.4) is 0 Å². The van der Waals surface area contributed by atoms with E-state index >= 15 is 0 Å². The average molecular weight is 356 g/mol. The van der Waals surface area contributed by atoms with Crippen LogP contribution < -0.4 is 5.32 Å². The molecule has 1 heterocycles. The molecule has 1 aromatic rings. The van der Waals surface area contributed by atoms with Crippen molar-refractivity contribution in [3.05, 3.63) is 40.9 Å². The van der Waals surface area contributed by atoms with E-state index in [2.05, 4.69) is 11.9 Å². The number of imide groups is 2. The number of anilines is 1. The van der Waals surface area contributed by atoms with Gasteiger partial charge in [0, 0.05) is 22.3 Å². The van der Waals surface area contributed by atoms with Crippen LogP contribution >= 0.6 is 23.2 Å². The van der Waals surface area contributed by atoms with E-state index in [9.17, 15) is 19.2 Å². The third kappa shape index (κ3) is 3.69. The molecule has 1 aromatic carbocycles. The highest BCUT2D eigenvalue weighted by Crippen LogP contribution is 2.22. The van der Waals surface area contributed by atoms with Crippen molar-refractivity contribution < 1.29 is 19.2 Å². The first kappa shape index (κ1) is 17.0. The van der Waals surface area contributed by atoms with Crippen molar-refractivity contribution in [2.24, 2.45) is 0 Å². The van der Waals surface area contributed by atoms with E-state index in [1.54, 1.807) is 0 Å². The number of benzene rings is 1. The third-order valence-electron chi connectivity index (χ3n) is 2.89. The molecule has 1 fully saturated rings. The van der Waals surface area contributed by atoms with Gasteiger partial charge in [-0.15, -0.1) is 6.58 Å². The fourth-order valence-corrected chi connectivity index (χ4v) is 2.48. The lowest BCUT2D eigenvalue weighted by Gasteiger charge is -2.14. The van der Waals surface area contributed by atoms with E-state index in [1.807, 2.05) is 0 Å². The van der Waals surface area contributed by atoms with Gasteiger partial charge in [-0.2, -0.15) is 0 Å². The molecular formula is C14H11Cl2N3O4. The summed E-state index contributed by atoms with van der Waals surface area (Å²) in [5.41, 5.74) is 0.306. The Labute approximate surface area is 141 Å². The largest absolute Gasteiger partial charge is 0.335 e. The van der Waals surface area contributed by atoms with Crippen molar-refractivity contribution in [2.45, 2.75) is 0 Å². The number of nitrogens with one attached hydrogen (secondary N) is 1. The summed E-state index contributed by atoms with van der Waals surface area (Å²) in [6, 6.07) is 3.53. The van der Waals surface area contributed by atoms with Crippen molar-refractivity contribution in [3.63, 3.8) is 0 Å². The van der Waals surface area contributed by atoms with Gasteiger partial charge in [-0.25, -0.2) is 9.69 Å². The number of halogens is 2. The molecule has 0 unspecified atom stereocenters. The van der Waals surface area contributed by atoms with Crippen LogP contribution in [0.2, 0.25) is 10.0 Å². The van der Waals surface area contributed by atoms with Gasteiger partial charge in [0.1, 0.15) is 6.54 Å². The summed E-state index contributed by atoms with van der Waals surface area (Å²) >= 11 is 11.6. The third-order valence-corrected chi connectivity index (χ3v) is 3.33. The SMILES string of the molecule is C=CCN1C(=O)C(=O)N(CC(=O)Nc2cc(Cl)cc(Cl)c2)C1=O. The average Bonchev–Trinajstić information content (AvgIpc) is 2.64. The van der Waals surface area contributed by atoms with Crippen LogP contribution in [0.4, 0.5) is 10.5 Å².